The molecule has 6 heteroatoms. The van der Waals surface area contributed by atoms with Gasteiger partial charge in [-0.25, -0.2) is 13.1 Å². The molecule has 0 aromatic heterocycles. The Labute approximate surface area is 124 Å². The first-order valence-corrected chi connectivity index (χ1v) is 8.19. The summed E-state index contributed by atoms with van der Waals surface area (Å²) in [5.41, 5.74) is 0. The molecule has 2 aromatic carbocycles. The predicted octanol–water partition coefficient (Wildman–Crippen LogP) is 1.90. The topological polar surface area (TPSA) is 75.6 Å². The van der Waals surface area contributed by atoms with E-state index in [0.29, 0.717) is 6.42 Å². The van der Waals surface area contributed by atoms with Crippen LogP contribution < -0.4 is 9.46 Å². The molecule has 114 valence electrons. The van der Waals surface area contributed by atoms with Gasteiger partial charge in [0.1, 0.15) is 5.75 Å². The number of aliphatic hydroxyl groups is 1. The van der Waals surface area contributed by atoms with E-state index in [2.05, 4.69) is 4.72 Å². The first kappa shape index (κ1) is 15.8. The van der Waals surface area contributed by atoms with E-state index in [9.17, 15) is 8.42 Å². The Hall–Kier alpha value is -1.63. The lowest BCUT2D eigenvalue weighted by Crippen LogP contribution is -2.36. The summed E-state index contributed by atoms with van der Waals surface area (Å²) in [6.07, 6.45) is 0.528. The lowest BCUT2D eigenvalue weighted by atomic mass is 10.1. The van der Waals surface area contributed by atoms with Crippen molar-refractivity contribution in [3.63, 3.8) is 0 Å². The fourth-order valence-electron chi connectivity index (χ4n) is 2.03. The van der Waals surface area contributed by atoms with Crippen LogP contribution in [-0.4, -0.2) is 33.3 Å². The van der Waals surface area contributed by atoms with Crippen LogP contribution in [0.3, 0.4) is 0 Å². The van der Waals surface area contributed by atoms with E-state index in [1.54, 1.807) is 31.4 Å². The fraction of sp³-hybridized carbons (Fsp3) is 0.333. The number of nitrogens with one attached hydrogen (secondary N) is 1. The van der Waals surface area contributed by atoms with Crippen LogP contribution in [0.25, 0.3) is 10.8 Å². The molecule has 0 aliphatic carbocycles. The molecule has 2 aromatic rings. The third kappa shape index (κ3) is 3.53. The summed E-state index contributed by atoms with van der Waals surface area (Å²) < 4.78 is 32.2. The Morgan fingerprint density at radius 3 is 2.48 bits per heavy atom. The molecule has 0 unspecified atom stereocenters. The fourth-order valence-corrected chi connectivity index (χ4v) is 3.38. The van der Waals surface area contributed by atoms with E-state index < -0.39 is 16.1 Å². The highest BCUT2D eigenvalue weighted by Crippen LogP contribution is 2.23. The Morgan fingerprint density at radius 2 is 1.86 bits per heavy atom. The van der Waals surface area contributed by atoms with E-state index in [1.165, 1.54) is 0 Å². The molecule has 0 spiro atoms. The number of sulfonamides is 1. The van der Waals surface area contributed by atoms with Gasteiger partial charge >= 0.3 is 0 Å². The van der Waals surface area contributed by atoms with Crippen LogP contribution in [0, 0.1) is 0 Å². The smallest absolute Gasteiger partial charge is 0.240 e. The minimum Gasteiger partial charge on any atom is -0.497 e. The van der Waals surface area contributed by atoms with Crippen molar-refractivity contribution in [1.82, 2.24) is 4.72 Å². The largest absolute Gasteiger partial charge is 0.497 e. The van der Waals surface area contributed by atoms with Crippen LogP contribution in [0.2, 0.25) is 0 Å². The van der Waals surface area contributed by atoms with Gasteiger partial charge in [-0.3, -0.25) is 0 Å². The highest BCUT2D eigenvalue weighted by Gasteiger charge is 2.18. The Balaban J connectivity index is 2.38. The van der Waals surface area contributed by atoms with Crippen LogP contribution >= 0.6 is 0 Å². The molecular formula is C15H19NO4S. The molecule has 0 heterocycles. The average molecular weight is 309 g/mol. The first-order chi connectivity index (χ1) is 10.00. The summed E-state index contributed by atoms with van der Waals surface area (Å²) in [5, 5.41) is 10.8. The predicted molar refractivity (Wildman–Crippen MR) is 82.0 cm³/mol. The zero-order valence-corrected chi connectivity index (χ0v) is 12.9. The second-order valence-electron chi connectivity index (χ2n) is 4.78. The van der Waals surface area contributed by atoms with Crippen molar-refractivity contribution < 1.29 is 18.3 Å². The van der Waals surface area contributed by atoms with Gasteiger partial charge in [0.2, 0.25) is 10.0 Å². The molecule has 0 fully saturated rings. The average Bonchev–Trinajstić information content (AvgIpc) is 2.51. The lowest BCUT2D eigenvalue weighted by molar-refractivity contribution is 0.254. The molecule has 2 N–H and O–H groups in total. The summed E-state index contributed by atoms with van der Waals surface area (Å²) >= 11 is 0. The zero-order chi connectivity index (χ0) is 15.5. The number of benzene rings is 2. The zero-order valence-electron chi connectivity index (χ0n) is 12.0. The summed E-state index contributed by atoms with van der Waals surface area (Å²) in [5.74, 6) is 0.725. The van der Waals surface area contributed by atoms with E-state index in [4.69, 9.17) is 9.84 Å². The van der Waals surface area contributed by atoms with Gasteiger partial charge in [0.15, 0.2) is 0 Å². The van der Waals surface area contributed by atoms with E-state index >= 15 is 0 Å². The summed E-state index contributed by atoms with van der Waals surface area (Å²) in [6, 6.07) is 9.89. The number of methoxy groups -OCH3 is 1. The third-order valence-electron chi connectivity index (χ3n) is 3.36. The molecule has 0 bridgehead atoms. The number of aliphatic hydroxyl groups excluding tert-OH is 1. The highest BCUT2D eigenvalue weighted by atomic mass is 32.2. The Kier molecular flexibility index (Phi) is 4.82. The monoisotopic (exact) mass is 309 g/mol. The molecule has 0 saturated heterocycles. The van der Waals surface area contributed by atoms with Crippen LogP contribution in [0.5, 0.6) is 5.75 Å². The van der Waals surface area contributed by atoms with Crippen molar-refractivity contribution in [2.45, 2.75) is 24.3 Å². The van der Waals surface area contributed by atoms with Crippen molar-refractivity contribution in [2.75, 3.05) is 13.7 Å². The SMILES string of the molecule is CC[C@@H](CO)NS(=O)(=O)c1ccc2cc(OC)ccc2c1. The van der Waals surface area contributed by atoms with E-state index in [1.807, 2.05) is 19.1 Å². The van der Waals surface area contributed by atoms with Crippen molar-refractivity contribution >= 4 is 20.8 Å². The minimum absolute atomic E-state index is 0.187. The number of ether oxygens (including phenoxy) is 1. The molecular weight excluding hydrogens is 290 g/mol. The molecule has 0 saturated carbocycles. The van der Waals surface area contributed by atoms with Crippen LogP contribution in [-0.2, 0) is 10.0 Å². The van der Waals surface area contributed by atoms with Gasteiger partial charge in [0.25, 0.3) is 0 Å². The van der Waals surface area contributed by atoms with Crippen molar-refractivity contribution in [1.29, 1.82) is 0 Å². The maximum Gasteiger partial charge on any atom is 0.240 e. The molecule has 21 heavy (non-hydrogen) atoms. The van der Waals surface area contributed by atoms with Gasteiger partial charge in [-0.15, -0.1) is 0 Å². The van der Waals surface area contributed by atoms with Gasteiger partial charge in [-0.05, 0) is 41.5 Å². The van der Waals surface area contributed by atoms with Crippen molar-refractivity contribution in [2.24, 2.45) is 0 Å². The Morgan fingerprint density at radius 1 is 1.19 bits per heavy atom. The standard InChI is InChI=1S/C15H19NO4S/c1-3-13(10-17)16-21(18,19)15-7-5-11-8-14(20-2)6-4-12(11)9-15/h4-9,13,16-17H,3,10H2,1-2H3/t13-/m0/s1. The second kappa shape index (κ2) is 6.43. The van der Waals surface area contributed by atoms with Gasteiger partial charge < -0.3 is 9.84 Å². The molecule has 0 aliphatic rings. The summed E-state index contributed by atoms with van der Waals surface area (Å²) in [4.78, 5) is 0.187. The molecule has 2 rings (SSSR count). The van der Waals surface area contributed by atoms with E-state index in [-0.39, 0.29) is 11.5 Å². The summed E-state index contributed by atoms with van der Waals surface area (Å²) in [7, 11) is -2.05. The van der Waals surface area contributed by atoms with Crippen molar-refractivity contribution in [3.05, 3.63) is 36.4 Å². The first-order valence-electron chi connectivity index (χ1n) is 6.71. The van der Waals surface area contributed by atoms with Gasteiger partial charge in [-0.2, -0.15) is 0 Å². The van der Waals surface area contributed by atoms with Gasteiger partial charge in [0, 0.05) is 6.04 Å². The molecule has 1 atom stereocenters. The maximum absolute atomic E-state index is 12.3. The van der Waals surface area contributed by atoms with Gasteiger partial charge in [-0.1, -0.05) is 19.1 Å². The molecule has 0 aliphatic heterocycles. The van der Waals surface area contributed by atoms with Crippen LogP contribution in [0.1, 0.15) is 13.3 Å². The highest BCUT2D eigenvalue weighted by molar-refractivity contribution is 7.89. The number of hydrogen-bond donors (Lipinski definition) is 2. The molecule has 0 amide bonds. The third-order valence-corrected chi connectivity index (χ3v) is 4.88. The molecule has 5 nitrogen and oxygen atoms in total. The maximum atomic E-state index is 12.3. The lowest BCUT2D eigenvalue weighted by Gasteiger charge is -2.14. The Bertz CT molecular complexity index is 724. The second-order valence-corrected chi connectivity index (χ2v) is 6.50. The number of rotatable bonds is 6. The van der Waals surface area contributed by atoms with Crippen molar-refractivity contribution in [3.8, 4) is 5.75 Å². The quantitative estimate of drug-likeness (QED) is 0.854. The van der Waals surface area contributed by atoms with E-state index in [0.717, 1.165) is 16.5 Å². The number of fused-ring (bicyclic) bond motifs is 1. The van der Waals surface area contributed by atoms with Crippen LogP contribution in [0.15, 0.2) is 41.3 Å². The molecule has 0 radical (unpaired) electrons. The summed E-state index contributed by atoms with van der Waals surface area (Å²) in [6.45, 7) is 1.59. The minimum atomic E-state index is -3.63. The normalized spacial score (nSPS) is 13.3. The number of hydrogen-bond acceptors (Lipinski definition) is 4. The van der Waals surface area contributed by atoms with Gasteiger partial charge in [0.05, 0.1) is 18.6 Å². The van der Waals surface area contributed by atoms with Crippen LogP contribution in [0.4, 0.5) is 0 Å².